The Morgan fingerprint density at radius 3 is 2.07 bits per heavy atom. The minimum atomic E-state index is -0.658. The highest BCUT2D eigenvalue weighted by Gasteiger charge is 2.39. The molecule has 15 heavy (non-hydrogen) atoms. The number of nitroso groups, excluding NO2 is 1. The highest BCUT2D eigenvalue weighted by atomic mass is 16.3. The Morgan fingerprint density at radius 1 is 1.33 bits per heavy atom. The lowest BCUT2D eigenvalue weighted by atomic mass is 9.74. The Labute approximate surface area is 92.2 Å². The summed E-state index contributed by atoms with van der Waals surface area (Å²) < 4.78 is 0. The fourth-order valence-electron chi connectivity index (χ4n) is 1.75. The molecule has 4 atom stereocenters. The predicted octanol–water partition coefficient (Wildman–Crippen LogP) is 1.90. The van der Waals surface area contributed by atoms with E-state index in [0.717, 1.165) is 0 Å². The van der Waals surface area contributed by atoms with Crippen LogP contribution in [0.25, 0.3) is 0 Å². The molecule has 0 amide bonds. The first-order chi connectivity index (χ1) is 6.75. The molecule has 90 valence electrons. The van der Waals surface area contributed by atoms with E-state index in [1.165, 1.54) is 0 Å². The van der Waals surface area contributed by atoms with Crippen molar-refractivity contribution in [2.45, 2.75) is 58.7 Å². The molecule has 4 nitrogen and oxygen atoms in total. The van der Waals surface area contributed by atoms with Gasteiger partial charge in [-0.2, -0.15) is 4.91 Å². The maximum absolute atomic E-state index is 10.9. The number of nitrogens with two attached hydrogens (primary N) is 1. The van der Waals surface area contributed by atoms with E-state index in [1.54, 1.807) is 6.92 Å². The first-order valence-corrected chi connectivity index (χ1v) is 5.53. The largest absolute Gasteiger partial charge is 0.393 e. The molecule has 0 heterocycles. The molecule has 0 bridgehead atoms. The molecule has 0 aromatic rings. The fraction of sp³-hybridized carbons (Fsp3) is 1.00. The molecule has 0 aliphatic carbocycles. The standard InChI is InChI=1S/C11H24N2O2/c1-7(2)11(5,13-15)9(4)10(12)6-8(3)14/h7-10,14H,6,12H2,1-5H3/t8-,9?,10-,11?/m0/s1. The van der Waals surface area contributed by atoms with Gasteiger partial charge in [-0.3, -0.25) is 0 Å². The van der Waals surface area contributed by atoms with Crippen molar-refractivity contribution in [2.24, 2.45) is 22.7 Å². The third-order valence-corrected chi connectivity index (χ3v) is 3.54. The molecule has 0 aliphatic rings. The highest BCUT2D eigenvalue weighted by Crippen LogP contribution is 2.32. The number of aliphatic hydroxyl groups excluding tert-OH is 1. The Bertz CT molecular complexity index is 207. The van der Waals surface area contributed by atoms with E-state index in [0.29, 0.717) is 6.42 Å². The Balaban J connectivity index is 4.64. The first-order valence-electron chi connectivity index (χ1n) is 5.53. The first kappa shape index (κ1) is 14.5. The lowest BCUT2D eigenvalue weighted by Crippen LogP contribution is -2.47. The summed E-state index contributed by atoms with van der Waals surface area (Å²) in [4.78, 5) is 10.9. The van der Waals surface area contributed by atoms with Gasteiger partial charge in [0, 0.05) is 6.04 Å². The van der Waals surface area contributed by atoms with Gasteiger partial charge in [0.05, 0.1) is 6.10 Å². The number of hydrogen-bond acceptors (Lipinski definition) is 4. The SMILES string of the molecule is CC(C)C(C)(N=O)C(C)[C@@H](N)C[C@H](C)O. The van der Waals surface area contributed by atoms with Crippen LogP contribution >= 0.6 is 0 Å². The fourth-order valence-corrected chi connectivity index (χ4v) is 1.75. The van der Waals surface area contributed by atoms with E-state index in [-0.39, 0.29) is 17.9 Å². The van der Waals surface area contributed by atoms with Crippen LogP contribution in [0.15, 0.2) is 5.18 Å². The second kappa shape index (κ2) is 5.56. The zero-order valence-corrected chi connectivity index (χ0v) is 10.4. The lowest BCUT2D eigenvalue weighted by Gasteiger charge is -2.36. The minimum absolute atomic E-state index is 0.0374. The van der Waals surface area contributed by atoms with Gasteiger partial charge in [-0.1, -0.05) is 25.9 Å². The molecule has 0 saturated heterocycles. The summed E-state index contributed by atoms with van der Waals surface area (Å²) >= 11 is 0. The van der Waals surface area contributed by atoms with Gasteiger partial charge in [0.2, 0.25) is 0 Å². The molecule has 0 radical (unpaired) electrons. The van der Waals surface area contributed by atoms with Crippen LogP contribution in [0.4, 0.5) is 0 Å². The highest BCUT2D eigenvalue weighted by molar-refractivity contribution is 4.95. The van der Waals surface area contributed by atoms with Crippen LogP contribution in [0.1, 0.15) is 41.0 Å². The molecule has 0 fully saturated rings. The van der Waals surface area contributed by atoms with E-state index in [1.807, 2.05) is 27.7 Å². The summed E-state index contributed by atoms with van der Waals surface area (Å²) in [7, 11) is 0. The Kier molecular flexibility index (Phi) is 5.38. The van der Waals surface area contributed by atoms with Gasteiger partial charge >= 0.3 is 0 Å². The van der Waals surface area contributed by atoms with Crippen molar-refractivity contribution in [1.29, 1.82) is 0 Å². The van der Waals surface area contributed by atoms with Crippen molar-refractivity contribution in [3.8, 4) is 0 Å². The molecule has 0 spiro atoms. The topological polar surface area (TPSA) is 75.7 Å². The minimum Gasteiger partial charge on any atom is -0.393 e. The van der Waals surface area contributed by atoms with E-state index in [4.69, 9.17) is 5.73 Å². The lowest BCUT2D eigenvalue weighted by molar-refractivity contribution is 0.135. The number of hydrogen-bond donors (Lipinski definition) is 2. The zero-order valence-electron chi connectivity index (χ0n) is 10.4. The molecule has 0 aromatic heterocycles. The van der Waals surface area contributed by atoms with E-state index in [2.05, 4.69) is 5.18 Å². The van der Waals surface area contributed by atoms with Crippen molar-refractivity contribution in [2.75, 3.05) is 0 Å². The average Bonchev–Trinajstić information content (AvgIpc) is 2.13. The summed E-state index contributed by atoms with van der Waals surface area (Å²) in [6.45, 7) is 9.39. The van der Waals surface area contributed by atoms with Crippen LogP contribution in [-0.2, 0) is 0 Å². The maximum Gasteiger partial charge on any atom is 0.106 e. The second-order valence-corrected chi connectivity index (χ2v) is 5.01. The summed E-state index contributed by atoms with van der Waals surface area (Å²) in [6.07, 6.45) is 0.0597. The van der Waals surface area contributed by atoms with Gasteiger partial charge in [-0.15, -0.1) is 0 Å². The Hall–Kier alpha value is -0.480. The average molecular weight is 216 g/mol. The monoisotopic (exact) mass is 216 g/mol. The Morgan fingerprint density at radius 2 is 1.80 bits per heavy atom. The predicted molar refractivity (Wildman–Crippen MR) is 62.5 cm³/mol. The van der Waals surface area contributed by atoms with Gasteiger partial charge < -0.3 is 10.8 Å². The van der Waals surface area contributed by atoms with Crippen molar-refractivity contribution < 1.29 is 5.11 Å². The van der Waals surface area contributed by atoms with Gasteiger partial charge in [0.25, 0.3) is 0 Å². The van der Waals surface area contributed by atoms with Crippen molar-refractivity contribution in [1.82, 2.24) is 0 Å². The van der Waals surface area contributed by atoms with E-state index >= 15 is 0 Å². The molecular weight excluding hydrogens is 192 g/mol. The van der Waals surface area contributed by atoms with Crippen molar-refractivity contribution in [3.05, 3.63) is 4.91 Å². The normalized spacial score (nSPS) is 21.9. The number of aliphatic hydroxyl groups is 1. The number of rotatable bonds is 6. The van der Waals surface area contributed by atoms with Crippen LogP contribution in [0.2, 0.25) is 0 Å². The zero-order chi connectivity index (χ0) is 12.2. The molecule has 3 N–H and O–H groups in total. The second-order valence-electron chi connectivity index (χ2n) is 5.01. The third kappa shape index (κ3) is 3.54. The molecule has 0 saturated carbocycles. The van der Waals surface area contributed by atoms with E-state index < -0.39 is 11.6 Å². The maximum atomic E-state index is 10.9. The quantitative estimate of drug-likeness (QED) is 0.666. The smallest absolute Gasteiger partial charge is 0.106 e. The molecule has 0 aliphatic heterocycles. The van der Waals surface area contributed by atoms with Crippen LogP contribution < -0.4 is 5.73 Å². The molecule has 4 heteroatoms. The van der Waals surface area contributed by atoms with Crippen LogP contribution in [0.5, 0.6) is 0 Å². The van der Waals surface area contributed by atoms with Crippen LogP contribution in [0, 0.1) is 16.7 Å². The molecule has 0 aromatic carbocycles. The van der Waals surface area contributed by atoms with Crippen molar-refractivity contribution in [3.63, 3.8) is 0 Å². The van der Waals surface area contributed by atoms with Crippen molar-refractivity contribution >= 4 is 0 Å². The molecular formula is C11H24N2O2. The summed E-state index contributed by atoms with van der Waals surface area (Å²) in [5, 5.41) is 12.5. The molecule has 0 rings (SSSR count). The van der Waals surface area contributed by atoms with Gasteiger partial charge in [-0.05, 0) is 32.1 Å². The summed E-state index contributed by atoms with van der Waals surface area (Å²) in [5.41, 5.74) is 5.30. The molecule has 2 unspecified atom stereocenters. The van der Waals surface area contributed by atoms with Crippen LogP contribution in [0.3, 0.4) is 0 Å². The van der Waals surface area contributed by atoms with E-state index in [9.17, 15) is 10.0 Å². The van der Waals surface area contributed by atoms with Gasteiger partial charge in [-0.25, -0.2) is 0 Å². The third-order valence-electron chi connectivity index (χ3n) is 3.54. The van der Waals surface area contributed by atoms with Gasteiger partial charge in [0.1, 0.15) is 5.54 Å². The number of nitrogens with zero attached hydrogens (tertiary/aromatic N) is 1. The summed E-state index contributed by atoms with van der Waals surface area (Å²) in [5.74, 6) is 0.106. The summed E-state index contributed by atoms with van der Waals surface area (Å²) in [6, 6.07) is -0.199. The van der Waals surface area contributed by atoms with Gasteiger partial charge in [0.15, 0.2) is 0 Å². The van der Waals surface area contributed by atoms with Crippen LogP contribution in [-0.4, -0.2) is 22.8 Å².